The van der Waals surface area contributed by atoms with E-state index in [-0.39, 0.29) is 10.8 Å². The fraction of sp³-hybridized carbons (Fsp3) is 0.348. The smallest absolute Gasteiger partial charge is 0.0709 e. The average Bonchev–Trinajstić information content (AvgIpc) is 2.52. The van der Waals surface area contributed by atoms with E-state index in [1.54, 1.807) is 0 Å². The molecule has 1 heteroatoms. The van der Waals surface area contributed by atoms with Gasteiger partial charge in [0.05, 0.1) is 11.2 Å². The second-order valence-corrected chi connectivity index (χ2v) is 8.68. The number of nitrogens with zero attached hydrogens (tertiary/aromatic N) is 1. The highest BCUT2D eigenvalue weighted by molar-refractivity contribution is 5.82. The topological polar surface area (TPSA) is 12.9 Å². The van der Waals surface area contributed by atoms with Crippen LogP contribution < -0.4 is 0 Å². The van der Waals surface area contributed by atoms with Crippen LogP contribution in [0, 0.1) is 0 Å². The summed E-state index contributed by atoms with van der Waals surface area (Å²) in [7, 11) is 0. The molecule has 124 valence electrons. The van der Waals surface area contributed by atoms with Crippen LogP contribution in [0.3, 0.4) is 0 Å². The maximum absolute atomic E-state index is 4.86. The molecular formula is C23H27N. The summed E-state index contributed by atoms with van der Waals surface area (Å²) in [4.78, 5) is 4.86. The van der Waals surface area contributed by atoms with Crippen LogP contribution in [-0.2, 0) is 10.8 Å². The van der Waals surface area contributed by atoms with Crippen LogP contribution in [0.5, 0.6) is 0 Å². The lowest BCUT2D eigenvalue weighted by Gasteiger charge is -2.20. The summed E-state index contributed by atoms with van der Waals surface area (Å²) in [5.41, 5.74) is 6.30. The number of rotatable bonds is 1. The van der Waals surface area contributed by atoms with Gasteiger partial charge in [-0.15, -0.1) is 0 Å². The first-order valence-corrected chi connectivity index (χ1v) is 8.67. The lowest BCUT2D eigenvalue weighted by Crippen LogP contribution is -2.10. The Morgan fingerprint density at radius 2 is 1.21 bits per heavy atom. The predicted molar refractivity (Wildman–Crippen MR) is 105 cm³/mol. The van der Waals surface area contributed by atoms with Gasteiger partial charge in [-0.3, -0.25) is 0 Å². The number of benzene rings is 2. The van der Waals surface area contributed by atoms with Crippen molar-refractivity contribution in [2.75, 3.05) is 0 Å². The van der Waals surface area contributed by atoms with Gasteiger partial charge in [0.2, 0.25) is 0 Å². The summed E-state index contributed by atoms with van der Waals surface area (Å²) in [6, 6.07) is 19.7. The van der Waals surface area contributed by atoms with Crippen molar-refractivity contribution in [3.63, 3.8) is 0 Å². The lowest BCUT2D eigenvalue weighted by atomic mass is 9.86. The Morgan fingerprint density at radius 3 is 1.79 bits per heavy atom. The normalized spacial score (nSPS) is 12.6. The molecule has 0 bridgehead atoms. The number of hydrogen-bond acceptors (Lipinski definition) is 1. The van der Waals surface area contributed by atoms with Crippen molar-refractivity contribution < 1.29 is 0 Å². The third kappa shape index (κ3) is 3.36. The highest BCUT2D eigenvalue weighted by Gasteiger charge is 2.15. The van der Waals surface area contributed by atoms with Gasteiger partial charge in [-0.05, 0) is 40.2 Å². The van der Waals surface area contributed by atoms with Crippen molar-refractivity contribution in [1.82, 2.24) is 4.98 Å². The summed E-state index contributed by atoms with van der Waals surface area (Å²) < 4.78 is 0. The zero-order valence-electron chi connectivity index (χ0n) is 15.6. The Kier molecular flexibility index (Phi) is 3.99. The second-order valence-electron chi connectivity index (χ2n) is 8.68. The van der Waals surface area contributed by atoms with Crippen molar-refractivity contribution in [2.24, 2.45) is 0 Å². The summed E-state index contributed by atoms with van der Waals surface area (Å²) >= 11 is 0. The molecule has 0 fully saturated rings. The van der Waals surface area contributed by atoms with Gasteiger partial charge in [0.15, 0.2) is 0 Å². The first-order chi connectivity index (χ1) is 11.1. The molecule has 1 heterocycles. The summed E-state index contributed by atoms with van der Waals surface area (Å²) in [5, 5.41) is 1.21. The van der Waals surface area contributed by atoms with Crippen LogP contribution in [0.25, 0.3) is 22.2 Å². The van der Waals surface area contributed by atoms with E-state index in [9.17, 15) is 0 Å². The van der Waals surface area contributed by atoms with Crippen LogP contribution >= 0.6 is 0 Å². The molecule has 1 nitrogen and oxygen atoms in total. The zero-order chi connectivity index (χ0) is 17.5. The van der Waals surface area contributed by atoms with Crippen molar-refractivity contribution in [1.29, 1.82) is 0 Å². The van der Waals surface area contributed by atoms with Gasteiger partial charge in [0.1, 0.15) is 0 Å². The van der Waals surface area contributed by atoms with E-state index in [1.165, 1.54) is 22.1 Å². The Bertz CT molecular complexity index is 859. The van der Waals surface area contributed by atoms with E-state index in [2.05, 4.69) is 96.1 Å². The highest BCUT2D eigenvalue weighted by atomic mass is 14.7. The molecule has 0 unspecified atom stereocenters. The Hall–Kier alpha value is -2.15. The molecule has 0 spiro atoms. The van der Waals surface area contributed by atoms with Crippen LogP contribution in [0.4, 0.5) is 0 Å². The van der Waals surface area contributed by atoms with E-state index in [4.69, 9.17) is 4.98 Å². The van der Waals surface area contributed by atoms with E-state index >= 15 is 0 Å². The van der Waals surface area contributed by atoms with Crippen molar-refractivity contribution in [3.8, 4) is 11.3 Å². The maximum Gasteiger partial charge on any atom is 0.0709 e. The molecule has 3 rings (SSSR count). The molecule has 0 radical (unpaired) electrons. The monoisotopic (exact) mass is 317 g/mol. The van der Waals surface area contributed by atoms with Gasteiger partial charge >= 0.3 is 0 Å². The van der Waals surface area contributed by atoms with Gasteiger partial charge in [-0.2, -0.15) is 0 Å². The number of fused-ring (bicyclic) bond motifs is 1. The molecule has 2 aromatic carbocycles. The van der Waals surface area contributed by atoms with Crippen LogP contribution in [0.2, 0.25) is 0 Å². The molecule has 0 aliphatic rings. The Labute approximate surface area is 145 Å². The molecule has 0 aliphatic heterocycles. The molecule has 1 aromatic heterocycles. The van der Waals surface area contributed by atoms with Crippen LogP contribution in [-0.4, -0.2) is 4.98 Å². The van der Waals surface area contributed by atoms with Gasteiger partial charge in [-0.25, -0.2) is 4.98 Å². The zero-order valence-corrected chi connectivity index (χ0v) is 15.6. The summed E-state index contributed by atoms with van der Waals surface area (Å²) in [6.07, 6.45) is 0. The Balaban J connectivity index is 1.99. The number of aromatic nitrogens is 1. The standard InChI is InChI=1S/C23H27N/c1-22(2,3)18-10-7-16(8-11-18)20-13-9-17-15-19(23(4,5)6)12-14-21(17)24-20/h7-15H,1-6H3. The van der Waals surface area contributed by atoms with Gasteiger partial charge in [-0.1, -0.05) is 77.9 Å². The van der Waals surface area contributed by atoms with Crippen LogP contribution in [0.1, 0.15) is 52.7 Å². The first kappa shape index (κ1) is 16.7. The quantitative estimate of drug-likeness (QED) is 0.499. The van der Waals surface area contributed by atoms with Gasteiger partial charge in [0.25, 0.3) is 0 Å². The van der Waals surface area contributed by atoms with Crippen LogP contribution in [0.15, 0.2) is 54.6 Å². The SMILES string of the molecule is CC(C)(C)c1ccc(-c2ccc3cc(C(C)(C)C)ccc3n2)cc1. The molecule has 0 aliphatic carbocycles. The number of hydrogen-bond donors (Lipinski definition) is 0. The van der Waals surface area contributed by atoms with Crippen molar-refractivity contribution in [3.05, 3.63) is 65.7 Å². The molecule has 0 amide bonds. The lowest BCUT2D eigenvalue weighted by molar-refractivity contribution is 0.590. The fourth-order valence-electron chi connectivity index (χ4n) is 2.89. The molecule has 0 saturated carbocycles. The third-order valence-electron chi connectivity index (χ3n) is 4.60. The van der Waals surface area contributed by atoms with E-state index in [1.807, 2.05) is 0 Å². The molecule has 24 heavy (non-hydrogen) atoms. The molecule has 3 aromatic rings. The molecule has 0 saturated heterocycles. The van der Waals surface area contributed by atoms with Gasteiger partial charge < -0.3 is 0 Å². The molecular weight excluding hydrogens is 290 g/mol. The highest BCUT2D eigenvalue weighted by Crippen LogP contribution is 2.28. The maximum atomic E-state index is 4.86. The van der Waals surface area contributed by atoms with E-state index in [0.717, 1.165) is 11.2 Å². The van der Waals surface area contributed by atoms with E-state index < -0.39 is 0 Å². The summed E-state index contributed by atoms with van der Waals surface area (Å²) in [6.45, 7) is 13.4. The van der Waals surface area contributed by atoms with Crippen molar-refractivity contribution >= 4 is 10.9 Å². The predicted octanol–water partition coefficient (Wildman–Crippen LogP) is 6.50. The fourth-order valence-corrected chi connectivity index (χ4v) is 2.89. The minimum absolute atomic E-state index is 0.162. The summed E-state index contributed by atoms with van der Waals surface area (Å²) in [5.74, 6) is 0. The Morgan fingerprint density at radius 1 is 0.625 bits per heavy atom. The molecule has 0 atom stereocenters. The van der Waals surface area contributed by atoms with Gasteiger partial charge in [0, 0.05) is 10.9 Å². The third-order valence-corrected chi connectivity index (χ3v) is 4.60. The van der Waals surface area contributed by atoms with Crippen molar-refractivity contribution in [2.45, 2.75) is 52.4 Å². The molecule has 0 N–H and O–H groups in total. The number of pyridine rings is 1. The largest absolute Gasteiger partial charge is 0.248 e. The van der Waals surface area contributed by atoms with E-state index in [0.29, 0.717) is 0 Å². The first-order valence-electron chi connectivity index (χ1n) is 8.67. The minimum atomic E-state index is 0.162. The second kappa shape index (κ2) is 5.73. The average molecular weight is 317 g/mol. The minimum Gasteiger partial charge on any atom is -0.248 e.